The van der Waals surface area contributed by atoms with Gasteiger partial charge in [0.2, 0.25) is 0 Å². The minimum atomic E-state index is -0.425. The van der Waals surface area contributed by atoms with Crippen molar-refractivity contribution in [1.82, 2.24) is 0 Å². The molecule has 0 spiro atoms. The lowest BCUT2D eigenvalue weighted by Crippen LogP contribution is -2.54. The topological polar surface area (TPSA) is 56.5 Å². The van der Waals surface area contributed by atoms with Gasteiger partial charge in [-0.1, -0.05) is 0 Å². The summed E-state index contributed by atoms with van der Waals surface area (Å²) in [5.74, 6) is -0.425. The number of nitriles is 1. The predicted octanol–water partition coefficient (Wildman–Crippen LogP) is 1.67. The normalized spacial score (nSPS) is 22.1. The fourth-order valence-electron chi connectivity index (χ4n) is 2.45. The van der Waals surface area contributed by atoms with Crippen molar-refractivity contribution in [2.24, 2.45) is 0 Å². The fraction of sp³-hybridized carbons (Fsp3) is 0.500. The van der Waals surface area contributed by atoms with Gasteiger partial charge in [0.15, 0.2) is 0 Å². The molecular weight excluding hydrogens is 247 g/mol. The second kappa shape index (κ2) is 5.16. The molecule has 0 aromatic heterocycles. The molecule has 0 amide bonds. The van der Waals surface area contributed by atoms with Crippen LogP contribution in [0.3, 0.4) is 0 Å². The van der Waals surface area contributed by atoms with Crippen LogP contribution in [0.1, 0.15) is 19.4 Å². The summed E-state index contributed by atoms with van der Waals surface area (Å²) in [5, 5.41) is 18.4. The average Bonchev–Trinajstić information content (AvgIpc) is 2.36. The van der Waals surface area contributed by atoms with Gasteiger partial charge >= 0.3 is 0 Å². The van der Waals surface area contributed by atoms with Crippen molar-refractivity contribution < 1.29 is 14.2 Å². The number of hydrogen-bond donors (Lipinski definition) is 1. The van der Waals surface area contributed by atoms with Crippen LogP contribution in [0.25, 0.3) is 0 Å². The third-order valence-corrected chi connectivity index (χ3v) is 3.10. The minimum Gasteiger partial charge on any atom is -0.394 e. The third-order valence-electron chi connectivity index (χ3n) is 3.10. The van der Waals surface area contributed by atoms with Crippen LogP contribution in [0.2, 0.25) is 0 Å². The van der Waals surface area contributed by atoms with Crippen LogP contribution >= 0.6 is 0 Å². The van der Waals surface area contributed by atoms with Crippen molar-refractivity contribution >= 4 is 5.69 Å². The van der Waals surface area contributed by atoms with E-state index in [1.807, 2.05) is 24.8 Å². The SMILES string of the molecule is CC1(C)CN(c2ccc(F)cc2C#N)CC(CO)O1. The standard InChI is InChI=1S/C14H17FN2O2/c1-14(2)9-17(7-12(8-18)19-14)13-4-3-11(15)5-10(13)6-16/h3-5,12,18H,7-9H2,1-2H3. The number of aliphatic hydroxyl groups excluding tert-OH is 1. The molecule has 1 atom stereocenters. The van der Waals surface area contributed by atoms with E-state index < -0.39 is 11.4 Å². The molecular formula is C14H17FN2O2. The van der Waals surface area contributed by atoms with Gasteiger partial charge in [0, 0.05) is 13.1 Å². The Morgan fingerprint density at radius 2 is 2.32 bits per heavy atom. The van der Waals surface area contributed by atoms with E-state index in [4.69, 9.17) is 10.00 Å². The molecule has 1 N–H and O–H groups in total. The highest BCUT2D eigenvalue weighted by Gasteiger charge is 2.33. The molecule has 1 aliphatic rings. The highest BCUT2D eigenvalue weighted by molar-refractivity contribution is 5.60. The molecule has 0 saturated carbocycles. The van der Waals surface area contributed by atoms with Crippen LogP contribution < -0.4 is 4.90 Å². The van der Waals surface area contributed by atoms with E-state index in [1.54, 1.807) is 6.07 Å². The Balaban J connectivity index is 2.33. The molecule has 1 heterocycles. The lowest BCUT2D eigenvalue weighted by molar-refractivity contribution is -0.101. The Morgan fingerprint density at radius 1 is 1.58 bits per heavy atom. The van der Waals surface area contributed by atoms with Crippen molar-refractivity contribution in [2.45, 2.75) is 25.6 Å². The third kappa shape index (κ3) is 3.03. The molecule has 1 aromatic rings. The Morgan fingerprint density at radius 3 is 2.95 bits per heavy atom. The highest BCUT2D eigenvalue weighted by Crippen LogP contribution is 2.28. The lowest BCUT2D eigenvalue weighted by Gasteiger charge is -2.43. The predicted molar refractivity (Wildman–Crippen MR) is 69.4 cm³/mol. The smallest absolute Gasteiger partial charge is 0.124 e. The Kier molecular flexibility index (Phi) is 3.74. The Hall–Kier alpha value is -1.64. The molecule has 1 aliphatic heterocycles. The van der Waals surface area contributed by atoms with Crippen LogP contribution in [-0.2, 0) is 4.74 Å². The second-order valence-electron chi connectivity index (χ2n) is 5.34. The van der Waals surface area contributed by atoms with Gasteiger partial charge in [-0.2, -0.15) is 5.26 Å². The highest BCUT2D eigenvalue weighted by atomic mass is 19.1. The van der Waals surface area contributed by atoms with Crippen molar-refractivity contribution in [3.8, 4) is 6.07 Å². The summed E-state index contributed by atoms with van der Waals surface area (Å²) in [6, 6.07) is 6.18. The number of aliphatic hydroxyl groups is 1. The molecule has 102 valence electrons. The summed E-state index contributed by atoms with van der Waals surface area (Å²) < 4.78 is 18.9. The van der Waals surface area contributed by atoms with Crippen molar-refractivity contribution in [3.63, 3.8) is 0 Å². The number of rotatable bonds is 2. The van der Waals surface area contributed by atoms with Crippen LogP contribution in [0.5, 0.6) is 0 Å². The fourth-order valence-corrected chi connectivity index (χ4v) is 2.45. The van der Waals surface area contributed by atoms with Gasteiger partial charge in [-0.15, -0.1) is 0 Å². The largest absolute Gasteiger partial charge is 0.394 e. The molecule has 5 heteroatoms. The maximum atomic E-state index is 13.2. The van der Waals surface area contributed by atoms with Crippen molar-refractivity contribution in [3.05, 3.63) is 29.6 Å². The van der Waals surface area contributed by atoms with E-state index in [2.05, 4.69) is 0 Å². The van der Waals surface area contributed by atoms with Gasteiger partial charge in [0.05, 0.1) is 29.6 Å². The maximum Gasteiger partial charge on any atom is 0.124 e. The van der Waals surface area contributed by atoms with Gasteiger partial charge in [-0.25, -0.2) is 4.39 Å². The first-order valence-corrected chi connectivity index (χ1v) is 6.18. The van der Waals surface area contributed by atoms with E-state index in [1.165, 1.54) is 12.1 Å². The zero-order chi connectivity index (χ0) is 14.0. The summed E-state index contributed by atoms with van der Waals surface area (Å²) in [6.45, 7) is 4.85. The molecule has 19 heavy (non-hydrogen) atoms. The Labute approximate surface area is 112 Å². The maximum absolute atomic E-state index is 13.2. The molecule has 1 saturated heterocycles. The van der Waals surface area contributed by atoms with Crippen LogP contribution in [-0.4, -0.2) is 36.5 Å². The number of halogens is 1. The van der Waals surface area contributed by atoms with E-state index in [0.717, 1.165) is 0 Å². The first-order chi connectivity index (χ1) is 8.95. The summed E-state index contributed by atoms with van der Waals surface area (Å²) in [4.78, 5) is 1.96. The van der Waals surface area contributed by atoms with Crippen LogP contribution in [0.4, 0.5) is 10.1 Å². The van der Waals surface area contributed by atoms with E-state index >= 15 is 0 Å². The van der Waals surface area contributed by atoms with Crippen LogP contribution in [0, 0.1) is 17.1 Å². The molecule has 4 nitrogen and oxygen atoms in total. The summed E-state index contributed by atoms with van der Waals surface area (Å²) in [6.07, 6.45) is -0.305. The van der Waals surface area contributed by atoms with Gasteiger partial charge in [-0.05, 0) is 32.0 Å². The van der Waals surface area contributed by atoms with Gasteiger partial charge in [-0.3, -0.25) is 0 Å². The zero-order valence-corrected chi connectivity index (χ0v) is 11.1. The average molecular weight is 264 g/mol. The quantitative estimate of drug-likeness (QED) is 0.883. The zero-order valence-electron chi connectivity index (χ0n) is 11.1. The Bertz CT molecular complexity index is 511. The van der Waals surface area contributed by atoms with E-state index in [0.29, 0.717) is 24.3 Å². The summed E-state index contributed by atoms with van der Waals surface area (Å²) in [5.41, 5.74) is 0.556. The number of hydrogen-bond acceptors (Lipinski definition) is 4. The monoisotopic (exact) mass is 264 g/mol. The lowest BCUT2D eigenvalue weighted by atomic mass is 10.0. The van der Waals surface area contributed by atoms with E-state index in [-0.39, 0.29) is 12.7 Å². The molecule has 1 unspecified atom stereocenters. The molecule has 1 fully saturated rings. The number of morpholine rings is 1. The van der Waals surface area contributed by atoms with Crippen molar-refractivity contribution in [1.29, 1.82) is 5.26 Å². The van der Waals surface area contributed by atoms with Crippen molar-refractivity contribution in [2.75, 3.05) is 24.6 Å². The number of anilines is 1. The van der Waals surface area contributed by atoms with Gasteiger partial charge in [0.25, 0.3) is 0 Å². The van der Waals surface area contributed by atoms with Crippen LogP contribution in [0.15, 0.2) is 18.2 Å². The molecule has 1 aromatic carbocycles. The molecule has 2 rings (SSSR count). The van der Waals surface area contributed by atoms with Gasteiger partial charge < -0.3 is 14.7 Å². The van der Waals surface area contributed by atoms with Gasteiger partial charge in [0.1, 0.15) is 11.9 Å². The summed E-state index contributed by atoms with van der Waals surface area (Å²) >= 11 is 0. The first kappa shape index (κ1) is 13.8. The minimum absolute atomic E-state index is 0.0803. The second-order valence-corrected chi connectivity index (χ2v) is 5.34. The van der Waals surface area contributed by atoms with E-state index in [9.17, 15) is 9.50 Å². The first-order valence-electron chi connectivity index (χ1n) is 6.18. The molecule has 0 bridgehead atoms. The number of benzene rings is 1. The molecule has 0 aliphatic carbocycles. The number of nitrogens with zero attached hydrogens (tertiary/aromatic N) is 2. The number of ether oxygens (including phenoxy) is 1. The summed E-state index contributed by atoms with van der Waals surface area (Å²) in [7, 11) is 0. The molecule has 0 radical (unpaired) electrons.